The Morgan fingerprint density at radius 3 is 2.67 bits per heavy atom. The van der Waals surface area contributed by atoms with Gasteiger partial charge in [-0.2, -0.15) is 5.26 Å². The van der Waals surface area contributed by atoms with Gasteiger partial charge in [0.2, 0.25) is 5.56 Å². The third-order valence-corrected chi connectivity index (χ3v) is 4.42. The van der Waals surface area contributed by atoms with E-state index in [0.29, 0.717) is 11.3 Å². The normalized spacial score (nSPS) is 11.3. The monoisotopic (exact) mass is 389 g/mol. The molecule has 0 bridgehead atoms. The molecular formula is C18H16FN3O4S. The van der Waals surface area contributed by atoms with Gasteiger partial charge in [-0.15, -0.1) is 0 Å². The van der Waals surface area contributed by atoms with Gasteiger partial charge in [-0.1, -0.05) is 11.8 Å². The Hall–Kier alpha value is -3.12. The molecule has 1 heterocycles. The lowest BCUT2D eigenvalue weighted by atomic mass is 10.2. The van der Waals surface area contributed by atoms with Crippen molar-refractivity contribution >= 4 is 29.3 Å². The van der Waals surface area contributed by atoms with Crippen molar-refractivity contribution in [2.24, 2.45) is 0 Å². The van der Waals surface area contributed by atoms with Crippen molar-refractivity contribution in [2.45, 2.75) is 25.0 Å². The second-order valence-corrected chi connectivity index (χ2v) is 6.54. The second-order valence-electron chi connectivity index (χ2n) is 5.55. The van der Waals surface area contributed by atoms with Gasteiger partial charge >= 0.3 is 5.97 Å². The van der Waals surface area contributed by atoms with Crippen molar-refractivity contribution in [3.05, 3.63) is 57.6 Å². The highest BCUT2D eigenvalue weighted by molar-refractivity contribution is 7.99. The predicted molar refractivity (Wildman–Crippen MR) is 97.8 cm³/mol. The predicted octanol–water partition coefficient (Wildman–Crippen LogP) is 2.36. The smallest absolute Gasteiger partial charge is 0.317 e. The van der Waals surface area contributed by atoms with Crippen LogP contribution in [0.15, 0.2) is 40.2 Å². The quantitative estimate of drug-likeness (QED) is 0.579. The van der Waals surface area contributed by atoms with Crippen LogP contribution in [0.2, 0.25) is 0 Å². The van der Waals surface area contributed by atoms with Gasteiger partial charge in [0, 0.05) is 11.8 Å². The van der Waals surface area contributed by atoms with Gasteiger partial charge in [0.25, 0.3) is 5.91 Å². The summed E-state index contributed by atoms with van der Waals surface area (Å²) in [6.07, 6.45) is -1.07. The molecule has 2 N–H and O–H groups in total. The van der Waals surface area contributed by atoms with Crippen LogP contribution in [0, 0.1) is 24.1 Å². The van der Waals surface area contributed by atoms with Crippen LogP contribution in [0.25, 0.3) is 0 Å². The summed E-state index contributed by atoms with van der Waals surface area (Å²) < 4.78 is 17.9. The van der Waals surface area contributed by atoms with Crippen LogP contribution in [0.1, 0.15) is 18.1 Å². The lowest BCUT2D eigenvalue weighted by Gasteiger charge is -2.13. The number of hydrogen-bond donors (Lipinski definition) is 2. The molecule has 0 fully saturated rings. The van der Waals surface area contributed by atoms with Crippen LogP contribution in [-0.2, 0) is 14.3 Å². The molecule has 2 rings (SSSR count). The molecule has 0 saturated heterocycles. The number of ether oxygens (including phenoxy) is 1. The Labute approximate surface area is 158 Å². The highest BCUT2D eigenvalue weighted by atomic mass is 32.2. The third kappa shape index (κ3) is 5.69. The largest absolute Gasteiger partial charge is 0.452 e. The topological polar surface area (TPSA) is 112 Å². The molecule has 7 nitrogen and oxygen atoms in total. The van der Waals surface area contributed by atoms with Crippen molar-refractivity contribution in [1.29, 1.82) is 5.26 Å². The lowest BCUT2D eigenvalue weighted by molar-refractivity contribution is -0.150. The van der Waals surface area contributed by atoms with Gasteiger partial charge in [-0.05, 0) is 43.7 Å². The van der Waals surface area contributed by atoms with Crippen molar-refractivity contribution in [2.75, 3.05) is 11.1 Å². The summed E-state index contributed by atoms with van der Waals surface area (Å²) in [6, 6.07) is 8.42. The summed E-state index contributed by atoms with van der Waals surface area (Å²) in [7, 11) is 0. The Kier molecular flexibility index (Phi) is 6.73. The Morgan fingerprint density at radius 1 is 1.37 bits per heavy atom. The molecule has 0 spiro atoms. The van der Waals surface area contributed by atoms with Crippen molar-refractivity contribution in [3.8, 4) is 6.07 Å². The number of carbonyl (C=O) groups excluding carboxylic acids is 2. The molecule has 0 aliphatic carbocycles. The summed E-state index contributed by atoms with van der Waals surface area (Å²) in [5, 5.41) is 11.9. The van der Waals surface area contributed by atoms with Crippen LogP contribution in [0.4, 0.5) is 10.1 Å². The Morgan fingerprint density at radius 2 is 2.04 bits per heavy atom. The molecule has 0 unspecified atom stereocenters. The molecule has 0 aliphatic rings. The minimum atomic E-state index is -1.07. The first-order valence-corrected chi connectivity index (χ1v) is 8.81. The first-order chi connectivity index (χ1) is 12.8. The number of benzene rings is 1. The lowest BCUT2D eigenvalue weighted by Crippen LogP contribution is -2.30. The maximum absolute atomic E-state index is 12.9. The van der Waals surface area contributed by atoms with Crippen LogP contribution in [0.5, 0.6) is 0 Å². The number of halogens is 1. The molecule has 2 aromatic rings. The van der Waals surface area contributed by atoms with E-state index in [1.807, 2.05) is 6.07 Å². The average molecular weight is 389 g/mol. The van der Waals surface area contributed by atoms with Crippen LogP contribution >= 0.6 is 11.8 Å². The molecule has 0 saturated carbocycles. The fourth-order valence-electron chi connectivity index (χ4n) is 2.10. The number of H-pyrrole nitrogens is 1. The minimum Gasteiger partial charge on any atom is -0.452 e. The van der Waals surface area contributed by atoms with Gasteiger partial charge < -0.3 is 15.0 Å². The summed E-state index contributed by atoms with van der Waals surface area (Å²) in [5.41, 5.74) is 0.766. The zero-order chi connectivity index (χ0) is 20.0. The second kappa shape index (κ2) is 9.00. The number of nitrogens with one attached hydrogen (secondary N) is 2. The van der Waals surface area contributed by atoms with Gasteiger partial charge in [-0.25, -0.2) is 4.39 Å². The molecule has 1 aromatic carbocycles. The minimum absolute atomic E-state index is 0.192. The number of carbonyl (C=O) groups is 2. The molecule has 140 valence electrons. The standard InChI is InChI=1S/C18H16FN3O4S/c1-10-7-15(23)22-18(14(10)8-20)27-9-16(24)26-11(2)17(25)21-13-5-3-12(19)4-6-13/h3-7,11H,9H2,1-2H3,(H,21,25)(H,22,23)/t11-/m0/s1. The third-order valence-electron chi connectivity index (χ3n) is 3.44. The van der Waals surface area contributed by atoms with Crippen LogP contribution in [-0.4, -0.2) is 28.7 Å². The molecule has 0 radical (unpaired) electrons. The highest BCUT2D eigenvalue weighted by Crippen LogP contribution is 2.21. The molecule has 1 aromatic heterocycles. The van der Waals surface area contributed by atoms with Gasteiger partial charge in [-0.3, -0.25) is 14.4 Å². The number of thioether (sulfide) groups is 1. The number of hydrogen-bond acceptors (Lipinski definition) is 6. The summed E-state index contributed by atoms with van der Waals surface area (Å²) >= 11 is 0.941. The fraction of sp³-hybridized carbons (Fsp3) is 0.222. The van der Waals surface area contributed by atoms with E-state index < -0.39 is 23.8 Å². The van der Waals surface area contributed by atoms with E-state index >= 15 is 0 Å². The summed E-state index contributed by atoms with van der Waals surface area (Å²) in [5.74, 6) is -1.88. The van der Waals surface area contributed by atoms with E-state index in [1.165, 1.54) is 37.3 Å². The van der Waals surface area contributed by atoms with Gasteiger partial charge in [0.1, 0.15) is 11.9 Å². The summed E-state index contributed by atoms with van der Waals surface area (Å²) in [6.45, 7) is 3.02. The maximum atomic E-state index is 12.9. The molecule has 1 atom stereocenters. The SMILES string of the molecule is Cc1cc(=O)[nH]c(SCC(=O)O[C@@H](C)C(=O)Nc2ccc(F)cc2)c1C#N. The molecule has 1 amide bonds. The van der Waals surface area contributed by atoms with E-state index in [4.69, 9.17) is 10.00 Å². The first-order valence-electron chi connectivity index (χ1n) is 7.83. The number of pyridine rings is 1. The fourth-order valence-corrected chi connectivity index (χ4v) is 2.95. The van der Waals surface area contributed by atoms with E-state index in [0.717, 1.165) is 11.8 Å². The number of aryl methyl sites for hydroxylation is 1. The molecular weight excluding hydrogens is 373 g/mol. The molecule has 9 heteroatoms. The number of esters is 1. The van der Waals surface area contributed by atoms with Crippen LogP contribution in [0.3, 0.4) is 0 Å². The first kappa shape index (κ1) is 20.2. The number of amides is 1. The summed E-state index contributed by atoms with van der Waals surface area (Å²) in [4.78, 5) is 38.0. The number of anilines is 1. The number of nitrogens with zero attached hydrogens (tertiary/aromatic N) is 1. The molecule has 0 aliphatic heterocycles. The van der Waals surface area contributed by atoms with Crippen molar-refractivity contribution in [1.82, 2.24) is 4.98 Å². The van der Waals surface area contributed by atoms with Crippen LogP contribution < -0.4 is 10.9 Å². The van der Waals surface area contributed by atoms with E-state index in [-0.39, 0.29) is 21.9 Å². The Bertz CT molecular complexity index is 951. The highest BCUT2D eigenvalue weighted by Gasteiger charge is 2.19. The maximum Gasteiger partial charge on any atom is 0.317 e. The average Bonchev–Trinajstić information content (AvgIpc) is 2.61. The van der Waals surface area contributed by atoms with Crippen molar-refractivity contribution < 1.29 is 18.7 Å². The zero-order valence-corrected chi connectivity index (χ0v) is 15.4. The number of aromatic amines is 1. The number of aromatic nitrogens is 1. The van der Waals surface area contributed by atoms with Crippen molar-refractivity contribution in [3.63, 3.8) is 0 Å². The number of rotatable bonds is 6. The van der Waals surface area contributed by atoms with E-state index in [9.17, 15) is 18.8 Å². The molecule has 27 heavy (non-hydrogen) atoms. The Balaban J connectivity index is 1.92. The van der Waals surface area contributed by atoms with Gasteiger partial charge in [0.15, 0.2) is 6.10 Å². The number of nitriles is 1. The zero-order valence-electron chi connectivity index (χ0n) is 14.5. The van der Waals surface area contributed by atoms with E-state index in [2.05, 4.69) is 10.3 Å². The van der Waals surface area contributed by atoms with E-state index in [1.54, 1.807) is 6.92 Å². The van der Waals surface area contributed by atoms with Gasteiger partial charge in [0.05, 0.1) is 16.3 Å².